The number of nitrogens with two attached hydrogens (primary N) is 1. The Balaban J connectivity index is 2.84. The number of hydrogen-bond donors (Lipinski definition) is 1. The molecule has 0 aliphatic rings. The minimum Gasteiger partial charge on any atom is -0.375 e. The average Bonchev–Trinajstić information content (AvgIpc) is 2.21. The summed E-state index contributed by atoms with van der Waals surface area (Å²) < 4.78 is 18.7. The van der Waals surface area contributed by atoms with Gasteiger partial charge in [-0.3, -0.25) is 0 Å². The summed E-state index contributed by atoms with van der Waals surface area (Å²) in [5.74, 6) is 0. The van der Waals surface area contributed by atoms with Gasteiger partial charge in [-0.05, 0) is 40.3 Å². The highest BCUT2D eigenvalue weighted by Gasteiger charge is 2.18. The summed E-state index contributed by atoms with van der Waals surface area (Å²) in [6.45, 7) is -0.579. The first kappa shape index (κ1) is 11.9. The molecule has 2 atom stereocenters. The van der Waals surface area contributed by atoms with Gasteiger partial charge in [-0.2, -0.15) is 0 Å². The molecule has 0 aliphatic carbocycles. The van der Waals surface area contributed by atoms with Crippen LogP contribution < -0.4 is 5.73 Å². The monoisotopic (exact) mass is 309 g/mol. The maximum Gasteiger partial charge on any atom is 0.107 e. The Morgan fingerprint density at radius 3 is 2.43 bits per heavy atom. The number of benzene rings is 1. The van der Waals surface area contributed by atoms with E-state index in [-0.39, 0.29) is 6.10 Å². The van der Waals surface area contributed by atoms with Crippen LogP contribution in [0.3, 0.4) is 0 Å². The molecule has 0 bridgehead atoms. The normalized spacial score (nSPS) is 15.1. The lowest BCUT2D eigenvalue weighted by Crippen LogP contribution is -2.31. The van der Waals surface area contributed by atoms with Gasteiger partial charge in [-0.1, -0.05) is 12.1 Å². The van der Waals surface area contributed by atoms with Crippen molar-refractivity contribution in [2.75, 3.05) is 13.8 Å². The highest BCUT2D eigenvalue weighted by Crippen LogP contribution is 2.20. The third-order valence-corrected chi connectivity index (χ3v) is 2.74. The van der Waals surface area contributed by atoms with Gasteiger partial charge in [0.1, 0.15) is 6.67 Å². The molecule has 0 radical (unpaired) electrons. The van der Waals surface area contributed by atoms with E-state index in [0.29, 0.717) is 0 Å². The molecule has 14 heavy (non-hydrogen) atoms. The number of hydrogen-bond acceptors (Lipinski definition) is 2. The molecule has 0 saturated carbocycles. The third kappa shape index (κ3) is 2.90. The zero-order chi connectivity index (χ0) is 10.6. The summed E-state index contributed by atoms with van der Waals surface area (Å²) in [7, 11) is 1.54. The van der Waals surface area contributed by atoms with Gasteiger partial charge in [-0.25, -0.2) is 4.39 Å². The van der Waals surface area contributed by atoms with E-state index in [4.69, 9.17) is 10.5 Å². The first-order chi connectivity index (χ1) is 6.69. The molecule has 2 N–H and O–H groups in total. The predicted octanol–water partition coefficient (Wildman–Crippen LogP) is 2.28. The van der Waals surface area contributed by atoms with E-state index in [1.165, 1.54) is 7.11 Å². The Hall–Kier alpha value is -0.200. The van der Waals surface area contributed by atoms with Crippen molar-refractivity contribution in [2.24, 2.45) is 5.73 Å². The maximum atomic E-state index is 12.4. The molecule has 0 fully saturated rings. The number of alkyl halides is 1. The molecule has 0 aromatic heterocycles. The largest absolute Gasteiger partial charge is 0.375 e. The lowest BCUT2D eigenvalue weighted by Gasteiger charge is -2.20. The van der Waals surface area contributed by atoms with Crippen molar-refractivity contribution in [3.05, 3.63) is 33.4 Å². The molecule has 0 amide bonds. The van der Waals surface area contributed by atoms with Gasteiger partial charge in [0.25, 0.3) is 0 Å². The van der Waals surface area contributed by atoms with Crippen LogP contribution in [0.5, 0.6) is 0 Å². The summed E-state index contributed by atoms with van der Waals surface area (Å²) in [4.78, 5) is 0. The van der Waals surface area contributed by atoms with E-state index in [1.54, 1.807) is 0 Å². The predicted molar refractivity (Wildman–Crippen MR) is 62.9 cm³/mol. The summed E-state index contributed by atoms with van der Waals surface area (Å²) in [5, 5.41) is 0. The molecule has 78 valence electrons. The molecule has 0 unspecified atom stereocenters. The van der Waals surface area contributed by atoms with Crippen molar-refractivity contribution >= 4 is 22.6 Å². The van der Waals surface area contributed by atoms with Gasteiger partial charge in [0, 0.05) is 10.7 Å². The summed E-state index contributed by atoms with van der Waals surface area (Å²) >= 11 is 2.21. The molecule has 0 spiro atoms. The summed E-state index contributed by atoms with van der Waals surface area (Å²) in [6, 6.07) is 7.12. The van der Waals surface area contributed by atoms with Crippen LogP contribution in [-0.4, -0.2) is 19.8 Å². The molecular formula is C10H13FINO. The molecule has 2 nitrogen and oxygen atoms in total. The smallest absolute Gasteiger partial charge is 0.107 e. The SMILES string of the molecule is CO[C@H](c1ccc(I)cc1)[C@H](N)CF. The van der Waals surface area contributed by atoms with Gasteiger partial charge in [0.2, 0.25) is 0 Å². The molecule has 0 heterocycles. The molecule has 1 aromatic rings. The molecular weight excluding hydrogens is 296 g/mol. The van der Waals surface area contributed by atoms with Crippen LogP contribution in [0.25, 0.3) is 0 Å². The van der Waals surface area contributed by atoms with E-state index >= 15 is 0 Å². The fourth-order valence-electron chi connectivity index (χ4n) is 1.29. The minimum atomic E-state index is -0.597. The van der Waals surface area contributed by atoms with Crippen LogP contribution in [0.2, 0.25) is 0 Å². The second-order valence-corrected chi connectivity index (χ2v) is 4.27. The first-order valence-corrected chi connectivity index (χ1v) is 5.36. The van der Waals surface area contributed by atoms with E-state index in [9.17, 15) is 4.39 Å². The molecule has 0 aliphatic heterocycles. The van der Waals surface area contributed by atoms with Crippen LogP contribution in [0.1, 0.15) is 11.7 Å². The first-order valence-electron chi connectivity index (χ1n) is 4.29. The van der Waals surface area contributed by atoms with Gasteiger partial charge in [0.15, 0.2) is 0 Å². The molecule has 4 heteroatoms. The third-order valence-electron chi connectivity index (χ3n) is 2.02. The lowest BCUT2D eigenvalue weighted by atomic mass is 10.0. The number of ether oxygens (including phenoxy) is 1. The Kier molecular flexibility index (Phi) is 4.77. The van der Waals surface area contributed by atoms with Gasteiger partial charge in [-0.15, -0.1) is 0 Å². The van der Waals surface area contributed by atoms with E-state index < -0.39 is 12.7 Å². The van der Waals surface area contributed by atoms with E-state index in [0.717, 1.165) is 9.13 Å². The van der Waals surface area contributed by atoms with Crippen molar-refractivity contribution in [1.29, 1.82) is 0 Å². The Labute approximate surface area is 96.8 Å². The Bertz CT molecular complexity index is 278. The topological polar surface area (TPSA) is 35.2 Å². The Morgan fingerprint density at radius 1 is 1.43 bits per heavy atom. The maximum absolute atomic E-state index is 12.4. The van der Waals surface area contributed by atoms with Gasteiger partial charge < -0.3 is 10.5 Å². The van der Waals surface area contributed by atoms with Crippen molar-refractivity contribution < 1.29 is 9.13 Å². The fraction of sp³-hybridized carbons (Fsp3) is 0.400. The number of halogens is 2. The van der Waals surface area contributed by atoms with Crippen molar-refractivity contribution in [1.82, 2.24) is 0 Å². The second kappa shape index (κ2) is 5.63. The molecule has 0 saturated heterocycles. The van der Waals surface area contributed by atoms with Crippen LogP contribution in [0, 0.1) is 3.57 Å². The highest BCUT2D eigenvalue weighted by atomic mass is 127. The van der Waals surface area contributed by atoms with Crippen LogP contribution in [0.4, 0.5) is 4.39 Å². The zero-order valence-corrected chi connectivity index (χ0v) is 10.1. The summed E-state index contributed by atoms with van der Waals surface area (Å²) in [5.41, 5.74) is 6.51. The average molecular weight is 309 g/mol. The Morgan fingerprint density at radius 2 is 2.00 bits per heavy atom. The van der Waals surface area contributed by atoms with Gasteiger partial charge >= 0.3 is 0 Å². The molecule has 1 aromatic carbocycles. The van der Waals surface area contributed by atoms with Crippen molar-refractivity contribution in [3.8, 4) is 0 Å². The fourth-order valence-corrected chi connectivity index (χ4v) is 1.65. The molecule has 1 rings (SSSR count). The van der Waals surface area contributed by atoms with Crippen molar-refractivity contribution in [3.63, 3.8) is 0 Å². The summed E-state index contributed by atoms with van der Waals surface area (Å²) in [6.07, 6.45) is -0.364. The van der Waals surface area contributed by atoms with Crippen LogP contribution >= 0.6 is 22.6 Å². The van der Waals surface area contributed by atoms with Crippen LogP contribution in [0.15, 0.2) is 24.3 Å². The van der Waals surface area contributed by atoms with Crippen LogP contribution in [-0.2, 0) is 4.74 Å². The zero-order valence-electron chi connectivity index (χ0n) is 7.91. The second-order valence-electron chi connectivity index (χ2n) is 3.03. The van der Waals surface area contributed by atoms with E-state index in [1.807, 2.05) is 24.3 Å². The highest BCUT2D eigenvalue weighted by molar-refractivity contribution is 14.1. The standard InChI is InChI=1S/C10H13FINO/c1-14-10(9(13)6-11)7-2-4-8(12)5-3-7/h2-5,9-10H,6,13H2,1H3/t9-,10-/m1/s1. The minimum absolute atomic E-state index is 0.364. The number of rotatable bonds is 4. The van der Waals surface area contributed by atoms with E-state index in [2.05, 4.69) is 22.6 Å². The quantitative estimate of drug-likeness (QED) is 0.866. The number of methoxy groups -OCH3 is 1. The van der Waals surface area contributed by atoms with Crippen molar-refractivity contribution in [2.45, 2.75) is 12.1 Å². The lowest BCUT2D eigenvalue weighted by molar-refractivity contribution is 0.0720. The van der Waals surface area contributed by atoms with Gasteiger partial charge in [0.05, 0.1) is 12.1 Å².